The number of hydrogen-bond donors (Lipinski definition) is 0. The van der Waals surface area contributed by atoms with E-state index >= 15 is 0 Å². The van der Waals surface area contributed by atoms with Gasteiger partial charge in [-0.3, -0.25) is 4.79 Å². The van der Waals surface area contributed by atoms with Gasteiger partial charge in [0.05, 0.1) is 39.5 Å². The Morgan fingerprint density at radius 1 is 1.20 bits per heavy atom. The largest absolute Gasteiger partial charge is 0.497 e. The van der Waals surface area contributed by atoms with Crippen molar-refractivity contribution < 1.29 is 9.47 Å². The van der Waals surface area contributed by atoms with Gasteiger partial charge in [-0.2, -0.15) is 0 Å². The Morgan fingerprint density at radius 2 is 2.00 bits per heavy atom. The molecule has 1 aromatic carbocycles. The second kappa shape index (κ2) is 5.03. The predicted molar refractivity (Wildman–Crippen MR) is 83.3 cm³/mol. The lowest BCUT2D eigenvalue weighted by Gasteiger charge is -2.11. The fraction of sp³-hybridized carbons (Fsp3) is 0.143. The summed E-state index contributed by atoms with van der Waals surface area (Å²) in [5, 5.41) is 0. The van der Waals surface area contributed by atoms with Crippen molar-refractivity contribution in [2.45, 2.75) is 0 Å². The number of rotatable bonds is 2. The molecule has 6 heteroatoms. The zero-order valence-electron chi connectivity index (χ0n) is 10.8. The number of hydrogen-bond acceptors (Lipinski definition) is 5. The van der Waals surface area contributed by atoms with Crippen LogP contribution in [0.25, 0.3) is 20.8 Å². The highest BCUT2D eigenvalue weighted by Crippen LogP contribution is 2.38. The van der Waals surface area contributed by atoms with E-state index in [-0.39, 0.29) is 11.2 Å². The summed E-state index contributed by atoms with van der Waals surface area (Å²) in [5.74, 6) is 1.05. The minimum absolute atomic E-state index is 0.160. The van der Waals surface area contributed by atoms with Gasteiger partial charge in [-0.25, -0.2) is 4.98 Å². The van der Waals surface area contributed by atoms with Gasteiger partial charge in [0.15, 0.2) is 5.75 Å². The van der Waals surface area contributed by atoms with Crippen LogP contribution in [0.2, 0.25) is 0 Å². The minimum Gasteiger partial charge on any atom is -0.497 e. The van der Waals surface area contributed by atoms with Crippen LogP contribution in [-0.2, 0) is 0 Å². The number of benzene rings is 2. The quantitative estimate of drug-likeness (QED) is 0.662. The Labute approximate surface area is 127 Å². The van der Waals surface area contributed by atoms with Crippen LogP contribution in [0.4, 0.5) is 0 Å². The first-order valence-corrected chi connectivity index (χ1v) is 7.40. The van der Waals surface area contributed by atoms with E-state index in [1.807, 2.05) is 18.2 Å². The molecule has 0 N–H and O–H groups in total. The maximum absolute atomic E-state index is 11.9. The van der Waals surface area contributed by atoms with Crippen LogP contribution in [0, 0.1) is 0 Å². The molecule has 0 bridgehead atoms. The van der Waals surface area contributed by atoms with E-state index < -0.39 is 0 Å². The van der Waals surface area contributed by atoms with Crippen molar-refractivity contribution in [3.63, 3.8) is 0 Å². The molecule has 0 radical (unpaired) electrons. The number of nitrogens with zero attached hydrogens (tertiary/aromatic N) is 1. The first-order valence-electron chi connectivity index (χ1n) is 5.79. The first-order chi connectivity index (χ1) is 9.63. The Balaban J connectivity index is 2.39. The molecule has 1 heterocycles. The fourth-order valence-corrected chi connectivity index (χ4v) is 3.81. The third kappa shape index (κ3) is 2.05. The van der Waals surface area contributed by atoms with Crippen LogP contribution in [0.1, 0.15) is 0 Å². The average molecular weight is 352 g/mol. The highest BCUT2D eigenvalue weighted by atomic mass is 79.9. The van der Waals surface area contributed by atoms with Gasteiger partial charge in [-0.1, -0.05) is 0 Å². The normalized spacial score (nSPS) is 10.9. The maximum Gasteiger partial charge on any atom is 0.223 e. The summed E-state index contributed by atoms with van der Waals surface area (Å²) in [4.78, 5) is 17.3. The molecule has 20 heavy (non-hydrogen) atoms. The van der Waals surface area contributed by atoms with Gasteiger partial charge in [-0.15, -0.1) is 11.3 Å². The Bertz CT molecular complexity index is 831. The van der Waals surface area contributed by atoms with Crippen molar-refractivity contribution in [1.82, 2.24) is 4.98 Å². The molecular weight excluding hydrogens is 342 g/mol. The summed E-state index contributed by atoms with van der Waals surface area (Å²) < 4.78 is 11.9. The van der Waals surface area contributed by atoms with Crippen molar-refractivity contribution in [3.05, 3.63) is 39.0 Å². The number of halogens is 1. The summed E-state index contributed by atoms with van der Waals surface area (Å²) in [6.07, 6.45) is 0. The highest BCUT2D eigenvalue weighted by molar-refractivity contribution is 9.10. The van der Waals surface area contributed by atoms with E-state index in [4.69, 9.17) is 9.47 Å². The van der Waals surface area contributed by atoms with Gasteiger partial charge in [0.25, 0.3) is 0 Å². The zero-order chi connectivity index (χ0) is 14.3. The van der Waals surface area contributed by atoms with Crippen molar-refractivity contribution in [2.75, 3.05) is 14.2 Å². The third-order valence-electron chi connectivity index (χ3n) is 2.95. The molecule has 1 aromatic rings. The number of fused-ring (bicyclic) bond motifs is 2. The van der Waals surface area contributed by atoms with Gasteiger partial charge >= 0.3 is 0 Å². The molecule has 0 fully saturated rings. The molecule has 1 aliphatic heterocycles. The molecule has 0 unspecified atom stereocenters. The second-order valence-electron chi connectivity index (χ2n) is 4.12. The molecule has 4 nitrogen and oxygen atoms in total. The van der Waals surface area contributed by atoms with Gasteiger partial charge in [0.1, 0.15) is 5.75 Å². The summed E-state index contributed by atoms with van der Waals surface area (Å²) in [6, 6.07) is 7.22. The van der Waals surface area contributed by atoms with Crippen molar-refractivity contribution >= 4 is 37.5 Å². The van der Waals surface area contributed by atoms with E-state index in [0.29, 0.717) is 4.47 Å². The molecule has 1 aliphatic carbocycles. The lowest BCUT2D eigenvalue weighted by Crippen LogP contribution is -2.07. The van der Waals surface area contributed by atoms with Gasteiger partial charge < -0.3 is 9.47 Å². The Morgan fingerprint density at radius 3 is 2.70 bits per heavy atom. The lowest BCUT2D eigenvalue weighted by molar-refractivity contribution is 0.408. The van der Waals surface area contributed by atoms with Crippen molar-refractivity contribution in [2.24, 2.45) is 0 Å². The monoisotopic (exact) mass is 351 g/mol. The summed E-state index contributed by atoms with van der Waals surface area (Å²) in [5.41, 5.74) is 1.42. The molecule has 102 valence electrons. The van der Waals surface area contributed by atoms with E-state index in [9.17, 15) is 4.79 Å². The van der Waals surface area contributed by atoms with Crippen LogP contribution in [0.3, 0.4) is 0 Å². The SMILES string of the molecule is COc1ccc2nc3c(Br)c(OC)c(=O)cc-3sc2c1. The summed E-state index contributed by atoms with van der Waals surface area (Å²) in [6.45, 7) is 0. The van der Waals surface area contributed by atoms with Crippen molar-refractivity contribution in [1.29, 1.82) is 0 Å². The third-order valence-corrected chi connectivity index (χ3v) is 4.76. The standard InChI is InChI=1S/C14H10BrNO3S/c1-18-7-3-4-8-10(5-7)20-11-6-9(17)14(19-2)12(15)13(11)16-8/h3-6H,1-2H3. The molecule has 0 atom stereocenters. The summed E-state index contributed by atoms with van der Waals surface area (Å²) in [7, 11) is 3.10. The predicted octanol–water partition coefficient (Wildman–Crippen LogP) is 3.54. The minimum atomic E-state index is -0.160. The molecule has 2 aliphatic rings. The van der Waals surface area contributed by atoms with Crippen LogP contribution >= 0.6 is 27.3 Å². The second-order valence-corrected chi connectivity index (χ2v) is 5.99. The van der Waals surface area contributed by atoms with Crippen LogP contribution < -0.4 is 14.9 Å². The van der Waals surface area contributed by atoms with Gasteiger partial charge in [-0.05, 0) is 34.1 Å². The zero-order valence-corrected chi connectivity index (χ0v) is 13.2. The van der Waals surface area contributed by atoms with Crippen LogP contribution in [-0.4, -0.2) is 19.2 Å². The highest BCUT2D eigenvalue weighted by Gasteiger charge is 2.18. The molecule has 0 spiro atoms. The van der Waals surface area contributed by atoms with E-state index in [2.05, 4.69) is 20.9 Å². The lowest BCUT2D eigenvalue weighted by atomic mass is 10.2. The number of ether oxygens (including phenoxy) is 2. The fourth-order valence-electron chi connectivity index (χ4n) is 1.98. The number of methoxy groups -OCH3 is 2. The van der Waals surface area contributed by atoms with E-state index in [0.717, 1.165) is 26.5 Å². The van der Waals surface area contributed by atoms with Gasteiger partial charge in [0, 0.05) is 6.07 Å². The topological polar surface area (TPSA) is 48.4 Å². The smallest absolute Gasteiger partial charge is 0.223 e. The Kier molecular flexibility index (Phi) is 3.35. The van der Waals surface area contributed by atoms with Crippen LogP contribution in [0.5, 0.6) is 11.5 Å². The summed E-state index contributed by atoms with van der Waals surface area (Å²) >= 11 is 4.90. The maximum atomic E-state index is 11.9. The Hall–Kier alpha value is -1.66. The molecule has 0 aromatic heterocycles. The first kappa shape index (κ1) is 13.3. The van der Waals surface area contributed by atoms with E-state index in [1.165, 1.54) is 18.4 Å². The molecule has 3 rings (SSSR count). The number of aromatic nitrogens is 1. The molecule has 0 saturated heterocycles. The van der Waals surface area contributed by atoms with Crippen LogP contribution in [0.15, 0.2) is 33.5 Å². The molecule has 0 saturated carbocycles. The molecular formula is C14H10BrNO3S. The molecule has 0 amide bonds. The van der Waals surface area contributed by atoms with Crippen molar-refractivity contribution in [3.8, 4) is 22.1 Å². The average Bonchev–Trinajstić information content (AvgIpc) is 2.45. The van der Waals surface area contributed by atoms with Gasteiger partial charge in [0.2, 0.25) is 5.43 Å². The van der Waals surface area contributed by atoms with E-state index in [1.54, 1.807) is 13.2 Å².